The molecule has 2 aromatic carbocycles. The Hall–Kier alpha value is -3.28. The van der Waals surface area contributed by atoms with Crippen LogP contribution in [0.15, 0.2) is 42.5 Å². The molecule has 1 fully saturated rings. The fraction of sp³-hybridized carbons (Fsp3) is 0.360. The van der Waals surface area contributed by atoms with E-state index in [2.05, 4.69) is 5.10 Å². The van der Waals surface area contributed by atoms with Crippen molar-refractivity contribution in [1.29, 1.82) is 0 Å². The van der Waals surface area contributed by atoms with Crippen LogP contribution in [-0.2, 0) is 25.7 Å². The molecule has 3 N–H and O–H groups in total. The van der Waals surface area contributed by atoms with Crippen molar-refractivity contribution in [2.24, 2.45) is 5.73 Å². The van der Waals surface area contributed by atoms with Crippen molar-refractivity contribution in [2.75, 3.05) is 24.5 Å². The molecule has 0 saturated carbocycles. The van der Waals surface area contributed by atoms with Gasteiger partial charge in [-0.15, -0.1) is 0 Å². The molecule has 5 rings (SSSR count). The normalized spacial score (nSPS) is 18.7. The Kier molecular flexibility index (Phi) is 6.31. The summed E-state index contributed by atoms with van der Waals surface area (Å²) in [5.74, 6) is -1.22. The van der Waals surface area contributed by atoms with Crippen molar-refractivity contribution in [3.05, 3.63) is 76.4 Å². The van der Waals surface area contributed by atoms with E-state index < -0.39 is 29.7 Å². The Morgan fingerprint density at radius 3 is 2.53 bits per heavy atom. The van der Waals surface area contributed by atoms with Gasteiger partial charge in [0, 0.05) is 43.9 Å². The lowest BCUT2D eigenvalue weighted by atomic mass is 10.0. The molecule has 7 nitrogen and oxygen atoms in total. The topological polar surface area (TPSA) is 87.6 Å². The summed E-state index contributed by atoms with van der Waals surface area (Å²) in [5.41, 5.74) is 5.67. The number of aliphatic hydroxyl groups excluding tert-OH is 1. The van der Waals surface area contributed by atoms with E-state index in [1.54, 1.807) is 30.3 Å². The number of para-hydroxylation sites is 1. The number of carbonyl (C=O) groups is 1. The predicted molar refractivity (Wildman–Crippen MR) is 124 cm³/mol. The molecule has 1 atom stereocenters. The van der Waals surface area contributed by atoms with Crippen LogP contribution in [0.4, 0.5) is 23.2 Å². The summed E-state index contributed by atoms with van der Waals surface area (Å²) < 4.78 is 57.7. The number of alkyl halides is 3. The van der Waals surface area contributed by atoms with Crippen LogP contribution >= 0.6 is 0 Å². The van der Waals surface area contributed by atoms with E-state index in [1.165, 1.54) is 17.0 Å². The van der Waals surface area contributed by atoms with Crippen molar-refractivity contribution in [3.63, 3.8) is 0 Å². The molecule has 1 aromatic heterocycles. The average molecular weight is 504 g/mol. The Balaban J connectivity index is 1.61. The quantitative estimate of drug-likeness (QED) is 0.522. The zero-order valence-electron chi connectivity index (χ0n) is 19.3. The number of nitrogens with two attached hydrogens (primary N) is 1. The monoisotopic (exact) mass is 503 g/mol. The van der Waals surface area contributed by atoms with Crippen molar-refractivity contribution in [1.82, 2.24) is 14.7 Å². The molecule has 3 aromatic rings. The fourth-order valence-corrected chi connectivity index (χ4v) is 5.02. The number of benzene rings is 2. The number of aliphatic hydroxyl groups is 1. The highest BCUT2D eigenvalue weighted by Gasteiger charge is 2.44. The summed E-state index contributed by atoms with van der Waals surface area (Å²) in [5, 5.41) is 13.7. The number of likely N-dealkylation sites (tertiary alicyclic amines) is 1. The standard InChI is InChI=1S/C25H25F4N5O2/c26-19-5-3-7-21(18(19)14-32-10-8-16(35)13-32)33-11-9-17-22(24(33)36)34(31-23(17)25(27,28)29)20-6-2-1-4-15(20)12-30/h1-7,16,35H,8-14,30H2. The average Bonchev–Trinajstić information content (AvgIpc) is 3.44. The van der Waals surface area contributed by atoms with E-state index in [-0.39, 0.29) is 48.6 Å². The Morgan fingerprint density at radius 2 is 1.83 bits per heavy atom. The van der Waals surface area contributed by atoms with E-state index in [1.807, 2.05) is 4.90 Å². The van der Waals surface area contributed by atoms with Gasteiger partial charge in [0.2, 0.25) is 0 Å². The van der Waals surface area contributed by atoms with Gasteiger partial charge in [0.25, 0.3) is 5.91 Å². The molecule has 2 aliphatic rings. The summed E-state index contributed by atoms with van der Waals surface area (Å²) in [7, 11) is 0. The summed E-state index contributed by atoms with van der Waals surface area (Å²) in [4.78, 5) is 17.0. The lowest BCUT2D eigenvalue weighted by molar-refractivity contribution is -0.141. The van der Waals surface area contributed by atoms with Gasteiger partial charge in [0.15, 0.2) is 5.69 Å². The summed E-state index contributed by atoms with van der Waals surface area (Å²) in [6.07, 6.45) is -4.79. The van der Waals surface area contributed by atoms with Gasteiger partial charge in [-0.2, -0.15) is 18.3 Å². The maximum atomic E-state index is 15.0. The first-order valence-electron chi connectivity index (χ1n) is 11.7. The molecule has 36 heavy (non-hydrogen) atoms. The van der Waals surface area contributed by atoms with Gasteiger partial charge < -0.3 is 15.7 Å². The van der Waals surface area contributed by atoms with Gasteiger partial charge in [-0.25, -0.2) is 9.07 Å². The van der Waals surface area contributed by atoms with E-state index in [9.17, 15) is 27.5 Å². The summed E-state index contributed by atoms with van der Waals surface area (Å²) >= 11 is 0. The minimum absolute atomic E-state index is 0.0415. The third kappa shape index (κ3) is 4.27. The minimum atomic E-state index is -4.75. The molecule has 3 heterocycles. The van der Waals surface area contributed by atoms with Gasteiger partial charge in [-0.3, -0.25) is 9.69 Å². The predicted octanol–water partition coefficient (Wildman–Crippen LogP) is 3.26. The molecular weight excluding hydrogens is 478 g/mol. The van der Waals surface area contributed by atoms with Crippen LogP contribution in [0.1, 0.15) is 39.3 Å². The van der Waals surface area contributed by atoms with E-state index >= 15 is 0 Å². The van der Waals surface area contributed by atoms with Crippen molar-refractivity contribution >= 4 is 11.6 Å². The van der Waals surface area contributed by atoms with Crippen molar-refractivity contribution in [2.45, 2.75) is 38.2 Å². The summed E-state index contributed by atoms with van der Waals surface area (Å²) in [6, 6.07) is 10.9. The van der Waals surface area contributed by atoms with Crippen LogP contribution in [-0.4, -0.2) is 51.4 Å². The van der Waals surface area contributed by atoms with E-state index in [4.69, 9.17) is 5.73 Å². The van der Waals surface area contributed by atoms with Gasteiger partial charge in [0.05, 0.1) is 17.5 Å². The molecule has 190 valence electrons. The van der Waals surface area contributed by atoms with Gasteiger partial charge in [-0.05, 0) is 36.6 Å². The molecule has 1 saturated heterocycles. The van der Waals surface area contributed by atoms with Gasteiger partial charge >= 0.3 is 6.18 Å². The molecule has 2 aliphatic heterocycles. The molecule has 1 unspecified atom stereocenters. The van der Waals surface area contributed by atoms with Crippen LogP contribution in [0.25, 0.3) is 5.69 Å². The number of hydrogen-bond acceptors (Lipinski definition) is 5. The van der Waals surface area contributed by atoms with Crippen LogP contribution in [0.5, 0.6) is 0 Å². The minimum Gasteiger partial charge on any atom is -0.392 e. The lowest BCUT2D eigenvalue weighted by Gasteiger charge is -2.30. The Labute approximate surface area is 204 Å². The van der Waals surface area contributed by atoms with Crippen molar-refractivity contribution < 1.29 is 27.5 Å². The Morgan fingerprint density at radius 1 is 1.08 bits per heavy atom. The molecule has 0 radical (unpaired) electrons. The number of nitrogens with zero attached hydrogens (tertiary/aromatic N) is 4. The highest BCUT2D eigenvalue weighted by molar-refractivity contribution is 6.08. The van der Waals surface area contributed by atoms with Gasteiger partial charge in [0.1, 0.15) is 11.5 Å². The Bertz CT molecular complexity index is 1310. The molecule has 0 bridgehead atoms. The second-order valence-electron chi connectivity index (χ2n) is 9.04. The SMILES string of the molecule is NCc1ccccc1-n1nc(C(F)(F)F)c2c1C(=O)N(c1cccc(F)c1CN1CCC(O)C1)CC2. The second-order valence-corrected chi connectivity index (χ2v) is 9.04. The second kappa shape index (κ2) is 9.30. The van der Waals surface area contributed by atoms with Crippen LogP contribution in [0, 0.1) is 5.82 Å². The molecule has 0 aliphatic carbocycles. The van der Waals surface area contributed by atoms with Gasteiger partial charge in [-0.1, -0.05) is 24.3 Å². The van der Waals surface area contributed by atoms with Crippen LogP contribution in [0.3, 0.4) is 0 Å². The highest BCUT2D eigenvalue weighted by Crippen LogP contribution is 2.38. The number of aromatic nitrogens is 2. The smallest absolute Gasteiger partial charge is 0.392 e. The molecular formula is C25H25F4N5O2. The number of amides is 1. The zero-order chi connectivity index (χ0) is 25.6. The maximum Gasteiger partial charge on any atom is 0.435 e. The van der Waals surface area contributed by atoms with Crippen LogP contribution in [0.2, 0.25) is 0 Å². The third-order valence-corrected chi connectivity index (χ3v) is 6.74. The zero-order valence-corrected chi connectivity index (χ0v) is 19.3. The number of hydrogen-bond donors (Lipinski definition) is 2. The summed E-state index contributed by atoms with van der Waals surface area (Å²) in [6.45, 7) is 1.10. The number of anilines is 1. The third-order valence-electron chi connectivity index (χ3n) is 6.74. The number of fused-ring (bicyclic) bond motifs is 1. The first-order chi connectivity index (χ1) is 17.2. The van der Waals surface area contributed by atoms with Crippen molar-refractivity contribution in [3.8, 4) is 5.69 Å². The molecule has 11 heteroatoms. The maximum absolute atomic E-state index is 15.0. The molecule has 1 amide bonds. The largest absolute Gasteiger partial charge is 0.435 e. The number of β-amino-alcohol motifs (C(OH)–C–C–N with tert-alkyl or cyclic N) is 1. The first kappa shape index (κ1) is 24.4. The number of halogens is 4. The van der Waals surface area contributed by atoms with E-state index in [0.717, 1.165) is 4.68 Å². The fourth-order valence-electron chi connectivity index (χ4n) is 5.02. The lowest BCUT2D eigenvalue weighted by Crippen LogP contribution is -2.40. The number of carbonyl (C=O) groups excluding carboxylic acids is 1. The molecule has 0 spiro atoms. The highest BCUT2D eigenvalue weighted by atomic mass is 19.4. The van der Waals surface area contributed by atoms with Crippen LogP contribution < -0.4 is 10.6 Å². The number of rotatable bonds is 5. The first-order valence-corrected chi connectivity index (χ1v) is 11.7. The van der Waals surface area contributed by atoms with E-state index in [0.29, 0.717) is 30.8 Å².